The average molecular weight is 1610 g/mol. The van der Waals surface area contributed by atoms with E-state index in [1.54, 1.807) is 0 Å². The minimum Gasteiger partial charge on any atom is -0.456 e. The van der Waals surface area contributed by atoms with Crippen LogP contribution in [0.3, 0.4) is 0 Å². The lowest BCUT2D eigenvalue weighted by Crippen LogP contribution is -1.96. The Morgan fingerprint density at radius 2 is 0.561 bits per heavy atom. The van der Waals surface area contributed by atoms with Gasteiger partial charge in [-0.15, -0.1) is 22.7 Å². The highest BCUT2D eigenvalue weighted by Crippen LogP contribution is 2.51. The number of thiophene rings is 2. The van der Waals surface area contributed by atoms with E-state index in [2.05, 4.69) is 322 Å². The fraction of sp³-hybridized carbons (Fsp3) is 0. The molecule has 0 spiro atoms. The lowest BCUT2D eigenvalue weighted by atomic mass is 9.91. The minimum atomic E-state index is 0.639. The largest absolute Gasteiger partial charge is 0.456 e. The van der Waals surface area contributed by atoms with Crippen molar-refractivity contribution >= 4 is 172 Å². The first kappa shape index (κ1) is 70.1. The molecule has 0 fully saturated rings. The molecule has 26 aromatic rings. The van der Waals surface area contributed by atoms with E-state index in [0.29, 0.717) is 11.6 Å². The summed E-state index contributed by atoms with van der Waals surface area (Å²) in [6.45, 7) is 0. The molecule has 9 nitrogen and oxygen atoms in total. The number of aromatic nitrogens is 6. The van der Waals surface area contributed by atoms with Gasteiger partial charge in [-0.3, -0.25) is 0 Å². The number of hydrogen-bond donors (Lipinski definition) is 0. The third kappa shape index (κ3) is 11.8. The predicted octanol–water partition coefficient (Wildman–Crippen LogP) is 31.5. The van der Waals surface area contributed by atoms with Crippen LogP contribution in [-0.2, 0) is 0 Å². The fourth-order valence-electron chi connectivity index (χ4n) is 18.3. The van der Waals surface area contributed by atoms with Crippen molar-refractivity contribution in [1.29, 1.82) is 0 Å². The standard InChI is InChI=1S/C59H33N3O2S.C53H31N3OS/c1-2-12-36(13-3-1)57-46-32-43(58-56(42-17-7-11-21-54(42)65-58)55(46)41-16-4-8-18-47(41)60-57)34-22-24-35(25-23-34)48-33-49(37-26-28-52-44(30-37)39-14-5-9-19-50(39)63-52)62-59(61-48)38-27-29-53-45(31-38)40-15-6-10-20-51(40)64-53;1-3-13-34(14-4-1)51-42-30-40(52-50(39-19-8-11-21-46(39)57-52)49(42)38-18-7-10-20-43(38)54-51)32-23-25-33(26-24-32)44-31-45(56-53(55-44)35-15-5-2-6-16-35)36-27-28-48-41(29-36)37-17-9-12-22-47(37)58-48/h1-33H;1-31H. The summed E-state index contributed by atoms with van der Waals surface area (Å²) in [6, 6.07) is 136. The van der Waals surface area contributed by atoms with Crippen LogP contribution in [0.25, 0.3) is 262 Å². The maximum absolute atomic E-state index is 6.80. The monoisotopic (exact) mass is 1600 g/mol. The Bertz CT molecular complexity index is 8690. The predicted molar refractivity (Wildman–Crippen MR) is 512 cm³/mol. The molecular formula is C112H64N6O3S2. The zero-order valence-corrected chi connectivity index (χ0v) is 67.3. The summed E-state index contributed by atoms with van der Waals surface area (Å²) in [5, 5.41) is 18.4. The molecular weight excluding hydrogens is 1540 g/mol. The van der Waals surface area contributed by atoms with Crippen molar-refractivity contribution in [3.8, 4) is 113 Å². The number of nitrogens with zero attached hydrogens (tertiary/aromatic N) is 6. The SMILES string of the molecule is c1ccc(-c2nc(-c3ccc(-c4cc5c(-c6ccccc6)nc6ccccc6c5c5c4oc4ccccc45)cc3)cc(-c3ccc4sc5ccccc5c4c3)n2)cc1.c1ccc(-c2nc3ccccc3c3c2cc(-c2ccc(-c4cc(-c5ccc6oc7ccccc7c6c5)nc(-c5ccc6oc7ccccc7c6c5)n4)cc2)c2sc4ccccc4c23)cc1. The maximum Gasteiger partial charge on any atom is 0.160 e. The lowest BCUT2D eigenvalue weighted by molar-refractivity contribution is 0.668. The number of furan rings is 3. The van der Waals surface area contributed by atoms with Gasteiger partial charge in [0.25, 0.3) is 0 Å². The van der Waals surface area contributed by atoms with Gasteiger partial charge in [0.2, 0.25) is 0 Å². The molecule has 0 N–H and O–H groups in total. The number of pyridine rings is 2. The highest BCUT2D eigenvalue weighted by molar-refractivity contribution is 7.26. The molecule has 0 radical (unpaired) electrons. The van der Waals surface area contributed by atoms with Crippen LogP contribution in [0.4, 0.5) is 0 Å². The second-order valence-electron chi connectivity index (χ2n) is 31.4. The number of rotatable bonds is 10. The summed E-state index contributed by atoms with van der Waals surface area (Å²) in [7, 11) is 0. The molecule has 0 unspecified atom stereocenters. The van der Waals surface area contributed by atoms with Crippen molar-refractivity contribution in [3.63, 3.8) is 0 Å². The second-order valence-corrected chi connectivity index (χ2v) is 33.5. The molecule has 0 atom stereocenters. The van der Waals surface area contributed by atoms with E-state index in [1.807, 2.05) is 89.4 Å². The molecule has 0 aliphatic heterocycles. The number of benzene rings is 17. The molecule has 17 aromatic carbocycles. The molecule has 0 saturated carbocycles. The summed E-state index contributed by atoms with van der Waals surface area (Å²) < 4.78 is 24.3. The second kappa shape index (κ2) is 28.4. The minimum absolute atomic E-state index is 0.639. The molecule has 26 rings (SSSR count). The summed E-state index contributed by atoms with van der Waals surface area (Å²) in [5.41, 5.74) is 24.9. The van der Waals surface area contributed by atoms with Gasteiger partial charge in [-0.05, 0) is 126 Å². The van der Waals surface area contributed by atoms with Crippen LogP contribution < -0.4 is 0 Å². The quantitative estimate of drug-likeness (QED) is 0.123. The first-order valence-electron chi connectivity index (χ1n) is 41.2. The van der Waals surface area contributed by atoms with Crippen molar-refractivity contribution in [2.24, 2.45) is 0 Å². The van der Waals surface area contributed by atoms with Gasteiger partial charge in [0.15, 0.2) is 11.6 Å². The van der Waals surface area contributed by atoms with Gasteiger partial charge in [0.1, 0.15) is 33.5 Å². The Balaban J connectivity index is 0.000000136. The molecule has 0 saturated heterocycles. The van der Waals surface area contributed by atoms with Gasteiger partial charge >= 0.3 is 0 Å². The normalized spacial score (nSPS) is 11.9. The third-order valence-electron chi connectivity index (χ3n) is 24.2. The summed E-state index contributed by atoms with van der Waals surface area (Å²) in [5.74, 6) is 1.33. The van der Waals surface area contributed by atoms with Gasteiger partial charge in [0, 0.05) is 161 Å². The Morgan fingerprint density at radius 1 is 0.187 bits per heavy atom. The van der Waals surface area contributed by atoms with Crippen LogP contribution in [-0.4, -0.2) is 29.9 Å². The Morgan fingerprint density at radius 3 is 1.13 bits per heavy atom. The van der Waals surface area contributed by atoms with Crippen molar-refractivity contribution in [2.75, 3.05) is 0 Å². The van der Waals surface area contributed by atoms with Crippen LogP contribution in [0.2, 0.25) is 0 Å². The Kier molecular flexibility index (Phi) is 16.2. The van der Waals surface area contributed by atoms with E-state index in [4.69, 9.17) is 43.2 Å². The van der Waals surface area contributed by atoms with E-state index in [9.17, 15) is 0 Å². The van der Waals surface area contributed by atoms with E-state index >= 15 is 0 Å². The van der Waals surface area contributed by atoms with Gasteiger partial charge in [0.05, 0.1) is 45.2 Å². The van der Waals surface area contributed by atoms with Crippen molar-refractivity contribution in [3.05, 3.63) is 388 Å². The highest BCUT2D eigenvalue weighted by Gasteiger charge is 2.26. The molecule has 0 aliphatic carbocycles. The molecule has 0 amide bonds. The van der Waals surface area contributed by atoms with Gasteiger partial charge in [-0.1, -0.05) is 273 Å². The molecule has 123 heavy (non-hydrogen) atoms. The first-order chi connectivity index (χ1) is 60.9. The Labute approximate surface area is 711 Å². The van der Waals surface area contributed by atoms with E-state index in [1.165, 1.54) is 51.3 Å². The van der Waals surface area contributed by atoms with E-state index in [0.717, 1.165) is 199 Å². The van der Waals surface area contributed by atoms with Crippen LogP contribution in [0, 0.1) is 0 Å². The molecule has 11 heteroatoms. The highest BCUT2D eigenvalue weighted by atomic mass is 32.1. The van der Waals surface area contributed by atoms with Crippen molar-refractivity contribution < 1.29 is 13.3 Å². The Hall–Kier alpha value is -15.9. The number of para-hydroxylation sites is 5. The van der Waals surface area contributed by atoms with Gasteiger partial charge in [-0.25, -0.2) is 29.9 Å². The lowest BCUT2D eigenvalue weighted by Gasteiger charge is -2.15. The summed E-state index contributed by atoms with van der Waals surface area (Å²) in [6.07, 6.45) is 0. The van der Waals surface area contributed by atoms with Crippen LogP contribution in [0.15, 0.2) is 401 Å². The van der Waals surface area contributed by atoms with E-state index in [-0.39, 0.29) is 0 Å². The zero-order chi connectivity index (χ0) is 80.7. The zero-order valence-electron chi connectivity index (χ0n) is 65.7. The maximum atomic E-state index is 6.80. The number of fused-ring (bicyclic) bond motifs is 23. The third-order valence-corrected chi connectivity index (χ3v) is 26.5. The van der Waals surface area contributed by atoms with Crippen LogP contribution in [0.5, 0.6) is 0 Å². The van der Waals surface area contributed by atoms with Gasteiger partial charge in [-0.2, -0.15) is 0 Å². The first-order valence-corrected chi connectivity index (χ1v) is 42.8. The number of hydrogen-bond acceptors (Lipinski definition) is 11. The molecule has 0 aliphatic rings. The molecule has 572 valence electrons. The summed E-state index contributed by atoms with van der Waals surface area (Å²) >= 11 is 3.68. The van der Waals surface area contributed by atoms with Crippen LogP contribution >= 0.6 is 22.7 Å². The molecule has 9 aromatic heterocycles. The molecule has 0 bridgehead atoms. The van der Waals surface area contributed by atoms with Gasteiger partial charge < -0.3 is 13.3 Å². The van der Waals surface area contributed by atoms with Crippen molar-refractivity contribution in [2.45, 2.75) is 0 Å². The fourth-order valence-corrected chi connectivity index (χ4v) is 20.7. The van der Waals surface area contributed by atoms with Crippen LogP contribution in [0.1, 0.15) is 0 Å². The average Bonchev–Trinajstić information content (AvgIpc) is 1.70. The van der Waals surface area contributed by atoms with E-state index < -0.39 is 0 Å². The topological polar surface area (TPSA) is 117 Å². The smallest absolute Gasteiger partial charge is 0.160 e. The molecule has 9 heterocycles. The van der Waals surface area contributed by atoms with Crippen molar-refractivity contribution in [1.82, 2.24) is 29.9 Å². The summed E-state index contributed by atoms with van der Waals surface area (Å²) in [4.78, 5) is 31.5.